The van der Waals surface area contributed by atoms with E-state index < -0.39 is 5.97 Å². The van der Waals surface area contributed by atoms with E-state index in [4.69, 9.17) is 4.74 Å². The third kappa shape index (κ3) is 7.84. The first-order valence-electron chi connectivity index (χ1n) is 8.67. The van der Waals surface area contributed by atoms with Gasteiger partial charge in [0, 0.05) is 6.04 Å². The molecule has 1 rings (SSSR count). The predicted molar refractivity (Wildman–Crippen MR) is 102 cm³/mol. The summed E-state index contributed by atoms with van der Waals surface area (Å²) in [4.78, 5) is 24.5. The molecule has 0 aliphatic carbocycles. The van der Waals surface area contributed by atoms with Gasteiger partial charge in [0.2, 0.25) is 0 Å². The first kappa shape index (κ1) is 20.7. The number of amides is 1. The first-order valence-corrected chi connectivity index (χ1v) is 8.67. The fourth-order valence-electron chi connectivity index (χ4n) is 2.23. The minimum Gasteiger partial charge on any atom is -0.458 e. The van der Waals surface area contributed by atoms with Crippen molar-refractivity contribution < 1.29 is 14.3 Å². The maximum absolute atomic E-state index is 12.3. The highest BCUT2D eigenvalue weighted by atomic mass is 16.5. The molecule has 136 valence electrons. The maximum Gasteiger partial charge on any atom is 0.339 e. The van der Waals surface area contributed by atoms with Gasteiger partial charge in [0.25, 0.3) is 5.91 Å². The summed E-state index contributed by atoms with van der Waals surface area (Å²) < 4.78 is 5.31. The molecule has 0 aliphatic heterocycles. The molecule has 0 radical (unpaired) electrons. The number of nitrogens with one attached hydrogen (secondary N) is 1. The summed E-state index contributed by atoms with van der Waals surface area (Å²) in [6.07, 6.45) is 6.02. The summed E-state index contributed by atoms with van der Waals surface area (Å²) in [6, 6.07) is 6.71. The molecule has 25 heavy (non-hydrogen) atoms. The normalized spacial score (nSPS) is 11.2. The Morgan fingerprint density at radius 3 is 2.32 bits per heavy atom. The lowest BCUT2D eigenvalue weighted by Crippen LogP contribution is -2.31. The van der Waals surface area contributed by atoms with E-state index in [9.17, 15) is 9.59 Å². The van der Waals surface area contributed by atoms with Gasteiger partial charge in [0.05, 0.1) is 11.1 Å². The zero-order valence-corrected chi connectivity index (χ0v) is 15.9. The number of esters is 1. The average Bonchev–Trinajstić information content (AvgIpc) is 2.53. The summed E-state index contributed by atoms with van der Waals surface area (Å²) in [7, 11) is 0. The van der Waals surface area contributed by atoms with Crippen LogP contribution in [0.15, 0.2) is 47.6 Å². The number of hydrogen-bond acceptors (Lipinski definition) is 3. The zero-order valence-electron chi connectivity index (χ0n) is 15.9. The summed E-state index contributed by atoms with van der Waals surface area (Å²) >= 11 is 0. The number of hydrogen-bond donors (Lipinski definition) is 1. The smallest absolute Gasteiger partial charge is 0.339 e. The number of benzene rings is 1. The fraction of sp³-hybridized carbons (Fsp3) is 0.429. The van der Waals surface area contributed by atoms with Crippen LogP contribution in [0.4, 0.5) is 0 Å². The average molecular weight is 343 g/mol. The van der Waals surface area contributed by atoms with Crippen LogP contribution in [0.2, 0.25) is 0 Å². The lowest BCUT2D eigenvalue weighted by Gasteiger charge is -2.11. The third-order valence-electron chi connectivity index (χ3n) is 3.55. The molecule has 4 nitrogen and oxygen atoms in total. The van der Waals surface area contributed by atoms with E-state index in [0.29, 0.717) is 5.56 Å². The highest BCUT2D eigenvalue weighted by molar-refractivity contribution is 6.05. The van der Waals surface area contributed by atoms with Gasteiger partial charge in [-0.2, -0.15) is 0 Å². The quantitative estimate of drug-likeness (QED) is 0.551. The fourth-order valence-corrected chi connectivity index (χ4v) is 2.23. The van der Waals surface area contributed by atoms with Crippen LogP contribution in [0.1, 0.15) is 68.2 Å². The van der Waals surface area contributed by atoms with Crippen molar-refractivity contribution in [2.45, 2.75) is 53.5 Å². The van der Waals surface area contributed by atoms with Crippen molar-refractivity contribution >= 4 is 11.9 Å². The Labute approximate surface area is 151 Å². The Morgan fingerprint density at radius 1 is 1.08 bits per heavy atom. The SMILES string of the molecule is CC(C)=CCC/C(C)=C/COC(=O)c1ccccc1C(=O)NC(C)C. The number of ether oxygens (including phenoxy) is 1. The van der Waals surface area contributed by atoms with Crippen LogP contribution in [-0.2, 0) is 4.74 Å². The Kier molecular flexibility index (Phi) is 8.68. The second-order valence-corrected chi connectivity index (χ2v) is 6.64. The zero-order chi connectivity index (χ0) is 18.8. The molecule has 0 aromatic heterocycles. The van der Waals surface area contributed by atoms with Gasteiger partial charge in [-0.15, -0.1) is 0 Å². The third-order valence-corrected chi connectivity index (χ3v) is 3.55. The van der Waals surface area contributed by atoms with Gasteiger partial charge in [-0.3, -0.25) is 4.79 Å². The standard InChI is InChI=1S/C21H29NO3/c1-15(2)9-8-10-17(5)13-14-25-21(24)19-12-7-6-11-18(19)20(23)22-16(3)4/h6-7,9,11-13,16H,8,10,14H2,1-5H3,(H,22,23)/b17-13+. The van der Waals surface area contributed by atoms with E-state index in [1.54, 1.807) is 24.3 Å². The molecule has 1 aromatic rings. The summed E-state index contributed by atoms with van der Waals surface area (Å²) in [5.74, 6) is -0.751. The van der Waals surface area contributed by atoms with Gasteiger partial charge < -0.3 is 10.1 Å². The van der Waals surface area contributed by atoms with Crippen LogP contribution in [0.25, 0.3) is 0 Å². The molecular weight excluding hydrogens is 314 g/mol. The molecule has 0 aliphatic rings. The van der Waals surface area contributed by atoms with Crippen molar-refractivity contribution in [3.05, 3.63) is 58.7 Å². The van der Waals surface area contributed by atoms with Crippen molar-refractivity contribution in [2.75, 3.05) is 6.61 Å². The van der Waals surface area contributed by atoms with Crippen LogP contribution in [0.5, 0.6) is 0 Å². The molecule has 0 spiro atoms. The Balaban J connectivity index is 2.66. The van der Waals surface area contributed by atoms with Gasteiger partial charge in [0.15, 0.2) is 0 Å². The molecule has 4 heteroatoms. The molecule has 0 unspecified atom stereocenters. The minimum atomic E-state index is -0.483. The summed E-state index contributed by atoms with van der Waals surface area (Å²) in [6.45, 7) is 10.1. The maximum atomic E-state index is 12.3. The van der Waals surface area contributed by atoms with Crippen LogP contribution >= 0.6 is 0 Å². The molecule has 1 aromatic carbocycles. The minimum absolute atomic E-state index is 0.00275. The Hall–Kier alpha value is -2.36. The molecule has 0 bridgehead atoms. The van der Waals surface area contributed by atoms with E-state index in [0.717, 1.165) is 12.8 Å². The first-order chi connectivity index (χ1) is 11.8. The highest BCUT2D eigenvalue weighted by Crippen LogP contribution is 2.12. The van der Waals surface area contributed by atoms with Gasteiger partial charge in [-0.25, -0.2) is 4.79 Å². The van der Waals surface area contributed by atoms with Gasteiger partial charge in [-0.1, -0.05) is 29.4 Å². The molecule has 0 fully saturated rings. The molecular formula is C21H29NO3. The summed E-state index contributed by atoms with van der Waals surface area (Å²) in [5.41, 5.74) is 3.10. The molecule has 0 heterocycles. The second kappa shape index (κ2) is 10.5. The van der Waals surface area contributed by atoms with Crippen molar-refractivity contribution in [3.63, 3.8) is 0 Å². The topological polar surface area (TPSA) is 55.4 Å². The molecule has 0 atom stereocenters. The lowest BCUT2D eigenvalue weighted by atomic mass is 10.1. The Morgan fingerprint density at radius 2 is 1.72 bits per heavy atom. The number of carbonyl (C=O) groups excluding carboxylic acids is 2. The van der Waals surface area contributed by atoms with Crippen LogP contribution in [0.3, 0.4) is 0 Å². The van der Waals surface area contributed by atoms with Crippen molar-refractivity contribution in [2.24, 2.45) is 0 Å². The molecule has 0 saturated carbocycles. The van der Waals surface area contributed by atoms with Crippen molar-refractivity contribution in [3.8, 4) is 0 Å². The van der Waals surface area contributed by atoms with E-state index >= 15 is 0 Å². The molecule has 0 saturated heterocycles. The van der Waals surface area contributed by atoms with Crippen molar-refractivity contribution in [1.29, 1.82) is 0 Å². The van der Waals surface area contributed by atoms with Gasteiger partial charge in [-0.05, 0) is 65.7 Å². The van der Waals surface area contributed by atoms with Crippen LogP contribution in [0, 0.1) is 0 Å². The van der Waals surface area contributed by atoms with Crippen LogP contribution < -0.4 is 5.32 Å². The molecule has 1 N–H and O–H groups in total. The van der Waals surface area contributed by atoms with Gasteiger partial charge >= 0.3 is 5.97 Å². The van der Waals surface area contributed by atoms with Crippen molar-refractivity contribution in [1.82, 2.24) is 5.32 Å². The lowest BCUT2D eigenvalue weighted by molar-refractivity contribution is 0.0544. The Bertz CT molecular complexity index is 653. The van der Waals surface area contributed by atoms with E-state index in [2.05, 4.69) is 25.2 Å². The number of carbonyl (C=O) groups is 2. The van der Waals surface area contributed by atoms with Gasteiger partial charge in [0.1, 0.15) is 6.61 Å². The number of rotatable bonds is 8. The monoisotopic (exact) mass is 343 g/mol. The van der Waals surface area contributed by atoms with Crippen LogP contribution in [-0.4, -0.2) is 24.5 Å². The molecule has 1 amide bonds. The largest absolute Gasteiger partial charge is 0.458 e. The predicted octanol–water partition coefficient (Wildman–Crippen LogP) is 4.67. The van der Waals surface area contributed by atoms with E-state index in [-0.39, 0.29) is 24.1 Å². The highest BCUT2D eigenvalue weighted by Gasteiger charge is 2.17. The second-order valence-electron chi connectivity index (χ2n) is 6.64. The number of allylic oxidation sites excluding steroid dienone is 3. The van der Waals surface area contributed by atoms with E-state index in [1.807, 2.05) is 26.8 Å². The summed E-state index contributed by atoms with van der Waals surface area (Å²) in [5, 5.41) is 2.80. The van der Waals surface area contributed by atoms with E-state index in [1.165, 1.54) is 11.1 Å².